The number of aromatic nitrogens is 3. The zero-order valence-electron chi connectivity index (χ0n) is 15.0. The van der Waals surface area contributed by atoms with Gasteiger partial charge in [0.05, 0.1) is 5.25 Å². The summed E-state index contributed by atoms with van der Waals surface area (Å²) >= 11 is 1.42. The van der Waals surface area contributed by atoms with Gasteiger partial charge in [0.15, 0.2) is 5.16 Å². The molecule has 130 valence electrons. The summed E-state index contributed by atoms with van der Waals surface area (Å²) in [6.45, 7) is 8.37. The van der Waals surface area contributed by atoms with Gasteiger partial charge in [0.1, 0.15) is 6.33 Å². The summed E-state index contributed by atoms with van der Waals surface area (Å²) in [5.74, 6) is 0.0272. The van der Waals surface area contributed by atoms with Crippen LogP contribution in [0.25, 0.3) is 0 Å². The Labute approximate surface area is 148 Å². The Balaban J connectivity index is 1.90. The van der Waals surface area contributed by atoms with E-state index in [-0.39, 0.29) is 22.6 Å². The Bertz CT molecular complexity index is 669. The quantitative estimate of drug-likeness (QED) is 0.782. The minimum absolute atomic E-state index is 0.00787. The number of aryl methyl sites for hydroxylation is 1. The fraction of sp³-hybridized carbons (Fsp3) is 0.500. The molecule has 0 aliphatic carbocycles. The molecule has 1 aromatic carbocycles. The number of thioether (sulfide) groups is 1. The van der Waals surface area contributed by atoms with Crippen molar-refractivity contribution in [2.24, 2.45) is 7.05 Å². The van der Waals surface area contributed by atoms with Gasteiger partial charge in [0.2, 0.25) is 5.91 Å². The van der Waals surface area contributed by atoms with Crippen molar-refractivity contribution >= 4 is 17.7 Å². The van der Waals surface area contributed by atoms with Crippen LogP contribution >= 0.6 is 11.8 Å². The molecule has 0 bridgehead atoms. The van der Waals surface area contributed by atoms with E-state index in [1.165, 1.54) is 17.3 Å². The summed E-state index contributed by atoms with van der Waals surface area (Å²) in [7, 11) is 1.87. The molecular weight excluding hydrogens is 320 g/mol. The van der Waals surface area contributed by atoms with Crippen molar-refractivity contribution in [3.05, 3.63) is 42.2 Å². The van der Waals surface area contributed by atoms with Gasteiger partial charge in [-0.3, -0.25) is 4.79 Å². The van der Waals surface area contributed by atoms with Crippen molar-refractivity contribution < 1.29 is 4.79 Å². The second-order valence-corrected chi connectivity index (χ2v) is 8.16. The van der Waals surface area contributed by atoms with E-state index in [4.69, 9.17) is 0 Å². The first kappa shape index (κ1) is 18.5. The first-order chi connectivity index (χ1) is 11.3. The fourth-order valence-corrected chi connectivity index (χ4v) is 3.57. The fourth-order valence-electron chi connectivity index (χ4n) is 2.77. The topological polar surface area (TPSA) is 59.8 Å². The molecule has 5 nitrogen and oxygen atoms in total. The van der Waals surface area contributed by atoms with Gasteiger partial charge < -0.3 is 9.88 Å². The lowest BCUT2D eigenvalue weighted by molar-refractivity contribution is -0.121. The van der Waals surface area contributed by atoms with Gasteiger partial charge in [0, 0.05) is 13.1 Å². The highest BCUT2D eigenvalue weighted by Crippen LogP contribution is 2.28. The van der Waals surface area contributed by atoms with Gasteiger partial charge in [-0.2, -0.15) is 0 Å². The normalized spacial score (nSPS) is 14.2. The zero-order valence-corrected chi connectivity index (χ0v) is 15.8. The number of carbonyl (C=O) groups is 1. The molecule has 6 heteroatoms. The highest BCUT2D eigenvalue weighted by molar-refractivity contribution is 8.00. The van der Waals surface area contributed by atoms with Gasteiger partial charge in [0.25, 0.3) is 0 Å². The van der Waals surface area contributed by atoms with Crippen LogP contribution in [0.1, 0.15) is 39.7 Å². The molecule has 0 unspecified atom stereocenters. The largest absolute Gasteiger partial charge is 0.353 e. The maximum atomic E-state index is 12.4. The predicted octanol–water partition coefficient (Wildman–Crippen LogP) is 3.17. The monoisotopic (exact) mass is 346 g/mol. The molecule has 0 fully saturated rings. The van der Waals surface area contributed by atoms with Crippen LogP contribution in [0.4, 0.5) is 0 Å². The van der Waals surface area contributed by atoms with Crippen molar-refractivity contribution in [1.29, 1.82) is 0 Å². The minimum Gasteiger partial charge on any atom is -0.353 e. The second-order valence-electron chi connectivity index (χ2n) is 6.85. The van der Waals surface area contributed by atoms with Gasteiger partial charge in [-0.25, -0.2) is 0 Å². The Morgan fingerprint density at radius 1 is 1.29 bits per heavy atom. The Morgan fingerprint density at radius 2 is 1.96 bits per heavy atom. The summed E-state index contributed by atoms with van der Waals surface area (Å²) in [6.07, 6.45) is 2.52. The van der Waals surface area contributed by atoms with E-state index in [0.29, 0.717) is 0 Å². The Hall–Kier alpha value is -1.82. The first-order valence-corrected chi connectivity index (χ1v) is 9.04. The van der Waals surface area contributed by atoms with Crippen LogP contribution in [-0.4, -0.2) is 32.0 Å². The highest BCUT2D eigenvalue weighted by atomic mass is 32.2. The summed E-state index contributed by atoms with van der Waals surface area (Å²) in [4.78, 5) is 12.4. The van der Waals surface area contributed by atoms with Gasteiger partial charge in [-0.1, -0.05) is 55.9 Å². The summed E-state index contributed by atoms with van der Waals surface area (Å²) in [5.41, 5.74) is 1.29. The SMILES string of the molecule is C[C@@H](CC(C)(C)c1ccccc1)NC(=O)[C@@H](C)Sc1nncn1C. The standard InChI is InChI=1S/C18H26N4OS/c1-13(11-18(3,4)15-9-7-6-8-10-15)20-16(23)14(2)24-17-21-19-12-22(17)5/h6-10,12-14H,11H2,1-5H3,(H,20,23)/t13-,14+/m0/s1. The van der Waals surface area contributed by atoms with E-state index in [1.54, 1.807) is 6.33 Å². The molecule has 1 heterocycles. The van der Waals surface area contributed by atoms with E-state index in [2.05, 4.69) is 60.6 Å². The van der Waals surface area contributed by atoms with Crippen molar-refractivity contribution in [1.82, 2.24) is 20.1 Å². The third-order valence-electron chi connectivity index (χ3n) is 4.08. The third kappa shape index (κ3) is 4.84. The molecule has 2 aromatic rings. The third-order valence-corrected chi connectivity index (χ3v) is 5.23. The molecule has 2 rings (SSSR count). The lowest BCUT2D eigenvalue weighted by Crippen LogP contribution is -2.40. The molecule has 2 atom stereocenters. The number of carbonyl (C=O) groups excluding carboxylic acids is 1. The highest BCUT2D eigenvalue weighted by Gasteiger charge is 2.25. The molecule has 0 radical (unpaired) electrons. The average molecular weight is 347 g/mol. The second kappa shape index (κ2) is 7.83. The van der Waals surface area contributed by atoms with E-state index in [9.17, 15) is 4.79 Å². The van der Waals surface area contributed by atoms with Gasteiger partial charge in [-0.05, 0) is 31.2 Å². The molecule has 0 aliphatic heterocycles. The number of hydrogen-bond donors (Lipinski definition) is 1. The molecule has 0 saturated carbocycles. The molecule has 1 amide bonds. The van der Waals surface area contributed by atoms with Crippen LogP contribution in [0.15, 0.2) is 41.8 Å². The molecule has 24 heavy (non-hydrogen) atoms. The lowest BCUT2D eigenvalue weighted by Gasteiger charge is -2.29. The van der Waals surface area contributed by atoms with Crippen LogP contribution < -0.4 is 5.32 Å². The number of benzene rings is 1. The van der Waals surface area contributed by atoms with Gasteiger partial charge in [-0.15, -0.1) is 10.2 Å². The first-order valence-electron chi connectivity index (χ1n) is 8.16. The molecule has 0 spiro atoms. The van der Waals surface area contributed by atoms with Crippen molar-refractivity contribution in [2.75, 3.05) is 0 Å². The van der Waals surface area contributed by atoms with E-state index in [0.717, 1.165) is 11.6 Å². The van der Waals surface area contributed by atoms with E-state index < -0.39 is 0 Å². The zero-order chi connectivity index (χ0) is 17.7. The maximum Gasteiger partial charge on any atom is 0.233 e. The van der Waals surface area contributed by atoms with Crippen LogP contribution in [-0.2, 0) is 17.3 Å². The predicted molar refractivity (Wildman–Crippen MR) is 98.0 cm³/mol. The minimum atomic E-state index is -0.213. The molecule has 0 saturated heterocycles. The van der Waals surface area contributed by atoms with Crippen molar-refractivity contribution in [3.63, 3.8) is 0 Å². The summed E-state index contributed by atoms with van der Waals surface area (Å²) in [6, 6.07) is 10.5. The smallest absolute Gasteiger partial charge is 0.233 e. The Morgan fingerprint density at radius 3 is 2.54 bits per heavy atom. The number of nitrogens with zero attached hydrogens (tertiary/aromatic N) is 3. The van der Waals surface area contributed by atoms with Gasteiger partial charge >= 0.3 is 0 Å². The summed E-state index contributed by atoms with van der Waals surface area (Å²) in [5, 5.41) is 11.5. The molecule has 1 N–H and O–H groups in total. The number of hydrogen-bond acceptors (Lipinski definition) is 4. The molecule has 1 aromatic heterocycles. The number of nitrogens with one attached hydrogen (secondary N) is 1. The van der Waals surface area contributed by atoms with Crippen molar-refractivity contribution in [3.8, 4) is 0 Å². The molecule has 0 aliphatic rings. The maximum absolute atomic E-state index is 12.4. The lowest BCUT2D eigenvalue weighted by atomic mass is 9.79. The van der Waals surface area contributed by atoms with Crippen LogP contribution in [0, 0.1) is 0 Å². The van der Waals surface area contributed by atoms with E-state index in [1.807, 2.05) is 24.6 Å². The van der Waals surface area contributed by atoms with Crippen LogP contribution in [0.2, 0.25) is 0 Å². The molecular formula is C18H26N4OS. The van der Waals surface area contributed by atoms with Crippen LogP contribution in [0.3, 0.4) is 0 Å². The number of amides is 1. The van der Waals surface area contributed by atoms with E-state index >= 15 is 0 Å². The van der Waals surface area contributed by atoms with Crippen LogP contribution in [0.5, 0.6) is 0 Å². The summed E-state index contributed by atoms with van der Waals surface area (Å²) < 4.78 is 1.82. The number of rotatable bonds is 7. The average Bonchev–Trinajstić information content (AvgIpc) is 2.92. The Kier molecular flexibility index (Phi) is 6.04. The van der Waals surface area contributed by atoms with Crippen molar-refractivity contribution in [2.45, 2.75) is 56.0 Å².